The number of thiophene rings is 1. The van der Waals surface area contributed by atoms with E-state index >= 15 is 0 Å². The van der Waals surface area contributed by atoms with Crippen LogP contribution in [0.5, 0.6) is 0 Å². The molecule has 16 heavy (non-hydrogen) atoms. The Balaban J connectivity index is 2.39. The maximum atomic E-state index is 10.3. The first-order chi connectivity index (χ1) is 7.59. The lowest BCUT2D eigenvalue weighted by Crippen LogP contribution is -1.99. The summed E-state index contributed by atoms with van der Waals surface area (Å²) in [7, 11) is 0. The van der Waals surface area contributed by atoms with Gasteiger partial charge in [0.15, 0.2) is 0 Å². The SMILES string of the molecule is Cc1ccccc1C(O)c1cc(C)c(Br)s1. The van der Waals surface area contributed by atoms with Crippen LogP contribution in [0.15, 0.2) is 34.1 Å². The van der Waals surface area contributed by atoms with E-state index in [1.54, 1.807) is 11.3 Å². The lowest BCUT2D eigenvalue weighted by molar-refractivity contribution is 0.223. The van der Waals surface area contributed by atoms with Crippen molar-refractivity contribution in [1.29, 1.82) is 0 Å². The summed E-state index contributed by atoms with van der Waals surface area (Å²) in [5.41, 5.74) is 3.28. The van der Waals surface area contributed by atoms with Crippen molar-refractivity contribution in [3.63, 3.8) is 0 Å². The largest absolute Gasteiger partial charge is 0.383 e. The highest BCUT2D eigenvalue weighted by Gasteiger charge is 2.15. The smallest absolute Gasteiger partial charge is 0.113 e. The second-order valence-electron chi connectivity index (χ2n) is 3.86. The van der Waals surface area contributed by atoms with Gasteiger partial charge in [0.05, 0.1) is 3.79 Å². The molecular weight excluding hydrogens is 284 g/mol. The van der Waals surface area contributed by atoms with E-state index in [-0.39, 0.29) is 0 Å². The van der Waals surface area contributed by atoms with E-state index in [0.29, 0.717) is 0 Å². The Bertz CT molecular complexity index is 485. The van der Waals surface area contributed by atoms with Gasteiger partial charge in [-0.25, -0.2) is 0 Å². The Kier molecular flexibility index (Phi) is 3.47. The normalized spacial score (nSPS) is 12.8. The van der Waals surface area contributed by atoms with E-state index < -0.39 is 6.10 Å². The van der Waals surface area contributed by atoms with Gasteiger partial charge in [0, 0.05) is 4.88 Å². The van der Waals surface area contributed by atoms with Gasteiger partial charge < -0.3 is 5.11 Å². The van der Waals surface area contributed by atoms with Gasteiger partial charge in [-0.05, 0) is 52.5 Å². The molecule has 1 N–H and O–H groups in total. The monoisotopic (exact) mass is 296 g/mol. The summed E-state index contributed by atoms with van der Waals surface area (Å²) >= 11 is 5.08. The first-order valence-electron chi connectivity index (χ1n) is 5.09. The van der Waals surface area contributed by atoms with Gasteiger partial charge in [-0.15, -0.1) is 11.3 Å². The molecule has 0 aliphatic carbocycles. The van der Waals surface area contributed by atoms with E-state index in [9.17, 15) is 5.11 Å². The molecule has 1 unspecified atom stereocenters. The van der Waals surface area contributed by atoms with E-state index in [0.717, 1.165) is 19.8 Å². The molecule has 0 radical (unpaired) electrons. The molecule has 1 nitrogen and oxygen atoms in total. The fourth-order valence-electron chi connectivity index (χ4n) is 1.67. The number of hydrogen-bond donors (Lipinski definition) is 1. The van der Waals surface area contributed by atoms with Gasteiger partial charge in [0.2, 0.25) is 0 Å². The lowest BCUT2D eigenvalue weighted by atomic mass is 10.0. The third kappa shape index (κ3) is 2.21. The van der Waals surface area contributed by atoms with E-state index in [4.69, 9.17) is 0 Å². The van der Waals surface area contributed by atoms with Gasteiger partial charge in [0.1, 0.15) is 6.10 Å². The van der Waals surface area contributed by atoms with Crippen LogP contribution in [0.4, 0.5) is 0 Å². The van der Waals surface area contributed by atoms with Gasteiger partial charge in [-0.1, -0.05) is 24.3 Å². The van der Waals surface area contributed by atoms with Crippen LogP contribution in [0, 0.1) is 13.8 Å². The molecule has 0 saturated heterocycles. The molecule has 0 saturated carbocycles. The van der Waals surface area contributed by atoms with Gasteiger partial charge in [0.25, 0.3) is 0 Å². The minimum Gasteiger partial charge on any atom is -0.383 e. The van der Waals surface area contributed by atoms with E-state index in [1.165, 1.54) is 5.56 Å². The van der Waals surface area contributed by atoms with Crippen molar-refractivity contribution < 1.29 is 5.11 Å². The molecule has 1 aromatic heterocycles. The number of aliphatic hydroxyl groups is 1. The van der Waals surface area contributed by atoms with E-state index in [1.807, 2.05) is 44.2 Å². The van der Waals surface area contributed by atoms with Crippen LogP contribution in [0.3, 0.4) is 0 Å². The third-order valence-corrected chi connectivity index (χ3v) is 4.82. The van der Waals surface area contributed by atoms with E-state index in [2.05, 4.69) is 15.9 Å². The Morgan fingerprint density at radius 1 is 1.19 bits per heavy atom. The Morgan fingerprint density at radius 3 is 2.44 bits per heavy atom. The zero-order chi connectivity index (χ0) is 11.7. The molecule has 2 rings (SSSR count). The van der Waals surface area contributed by atoms with Crippen molar-refractivity contribution in [3.05, 3.63) is 55.7 Å². The molecule has 0 aliphatic rings. The number of benzene rings is 1. The summed E-state index contributed by atoms with van der Waals surface area (Å²) in [6.07, 6.45) is -0.517. The number of aliphatic hydroxyl groups excluding tert-OH is 1. The number of rotatable bonds is 2. The molecule has 0 fully saturated rings. The van der Waals surface area contributed by atoms with Crippen LogP contribution in [0.2, 0.25) is 0 Å². The number of aryl methyl sites for hydroxylation is 2. The van der Waals surface area contributed by atoms with Crippen molar-refractivity contribution in [2.75, 3.05) is 0 Å². The minimum absolute atomic E-state index is 0.517. The quantitative estimate of drug-likeness (QED) is 0.880. The first-order valence-corrected chi connectivity index (χ1v) is 6.70. The highest BCUT2D eigenvalue weighted by Crippen LogP contribution is 2.34. The average molecular weight is 297 g/mol. The molecule has 0 bridgehead atoms. The number of halogens is 1. The summed E-state index contributed by atoms with van der Waals surface area (Å²) in [6, 6.07) is 9.98. The molecule has 0 spiro atoms. The van der Waals surface area contributed by atoms with Crippen LogP contribution in [0.1, 0.15) is 27.7 Å². The zero-order valence-corrected chi connectivity index (χ0v) is 11.6. The second kappa shape index (κ2) is 4.70. The molecule has 84 valence electrons. The molecule has 3 heteroatoms. The van der Waals surface area contributed by atoms with Crippen LogP contribution < -0.4 is 0 Å². The highest BCUT2D eigenvalue weighted by molar-refractivity contribution is 9.11. The van der Waals surface area contributed by atoms with Gasteiger partial charge in [-0.3, -0.25) is 0 Å². The van der Waals surface area contributed by atoms with Gasteiger partial charge >= 0.3 is 0 Å². The molecule has 1 atom stereocenters. The Hall–Kier alpha value is -0.640. The van der Waals surface area contributed by atoms with Crippen LogP contribution in [-0.2, 0) is 0 Å². The van der Waals surface area contributed by atoms with Crippen molar-refractivity contribution in [2.45, 2.75) is 20.0 Å². The van der Waals surface area contributed by atoms with Gasteiger partial charge in [-0.2, -0.15) is 0 Å². The summed E-state index contributed by atoms with van der Waals surface area (Å²) in [6.45, 7) is 4.06. The van der Waals surface area contributed by atoms with Crippen LogP contribution in [0.25, 0.3) is 0 Å². The molecule has 0 amide bonds. The molecule has 2 aromatic rings. The number of hydrogen-bond acceptors (Lipinski definition) is 2. The maximum Gasteiger partial charge on any atom is 0.113 e. The summed E-state index contributed by atoms with van der Waals surface area (Å²) in [5.74, 6) is 0. The third-order valence-electron chi connectivity index (χ3n) is 2.63. The van der Waals surface area contributed by atoms with Crippen molar-refractivity contribution in [1.82, 2.24) is 0 Å². The summed E-state index contributed by atoms with van der Waals surface area (Å²) in [5, 5.41) is 10.3. The predicted molar refractivity (Wildman–Crippen MR) is 72.0 cm³/mol. The predicted octanol–water partition coefficient (Wildman–Crippen LogP) is 4.21. The fraction of sp³-hybridized carbons (Fsp3) is 0.231. The summed E-state index contributed by atoms with van der Waals surface area (Å²) < 4.78 is 1.09. The molecule has 1 heterocycles. The Morgan fingerprint density at radius 2 is 1.88 bits per heavy atom. The fourth-order valence-corrected chi connectivity index (χ4v) is 3.24. The van der Waals surface area contributed by atoms with Crippen molar-refractivity contribution in [3.8, 4) is 0 Å². The zero-order valence-electron chi connectivity index (χ0n) is 9.20. The van der Waals surface area contributed by atoms with Crippen LogP contribution in [-0.4, -0.2) is 5.11 Å². The highest BCUT2D eigenvalue weighted by atomic mass is 79.9. The topological polar surface area (TPSA) is 20.2 Å². The minimum atomic E-state index is -0.517. The first kappa shape index (κ1) is 11.8. The molecule has 0 aliphatic heterocycles. The summed E-state index contributed by atoms with van der Waals surface area (Å²) in [4.78, 5) is 0.985. The van der Waals surface area contributed by atoms with Crippen molar-refractivity contribution in [2.24, 2.45) is 0 Å². The standard InChI is InChI=1S/C13H13BrOS/c1-8-5-3-4-6-10(8)12(15)11-7-9(2)13(14)16-11/h3-7,12,15H,1-2H3. The lowest BCUT2D eigenvalue weighted by Gasteiger charge is -2.11. The average Bonchev–Trinajstić information content (AvgIpc) is 2.59. The molecular formula is C13H13BrOS. The second-order valence-corrected chi connectivity index (χ2v) is 6.27. The Labute approximate surface area is 108 Å². The maximum absolute atomic E-state index is 10.3. The molecule has 1 aromatic carbocycles. The van der Waals surface area contributed by atoms with Crippen LogP contribution >= 0.6 is 27.3 Å². The van der Waals surface area contributed by atoms with Crippen molar-refractivity contribution >= 4 is 27.3 Å².